The maximum absolute atomic E-state index is 12.2. The Morgan fingerprint density at radius 1 is 1.43 bits per heavy atom. The summed E-state index contributed by atoms with van der Waals surface area (Å²) in [5, 5.41) is 9.51. The van der Waals surface area contributed by atoms with E-state index >= 15 is 0 Å². The second-order valence-corrected chi connectivity index (χ2v) is 5.22. The third kappa shape index (κ3) is 3.16. The molecule has 110 valence electrons. The number of pyridine rings is 1. The first-order valence-corrected chi connectivity index (χ1v) is 6.84. The van der Waals surface area contributed by atoms with Gasteiger partial charge in [0.15, 0.2) is 0 Å². The van der Waals surface area contributed by atoms with Crippen LogP contribution in [0, 0.1) is 6.92 Å². The number of hydrogen-bond acceptors (Lipinski definition) is 6. The normalized spacial score (nSPS) is 10.4. The predicted octanol–water partition coefficient (Wildman–Crippen LogP) is 1.33. The number of aryl methyl sites for hydroxylation is 1. The maximum atomic E-state index is 12.2. The number of carboxylic acid groups (broad SMARTS) is 1. The van der Waals surface area contributed by atoms with Crippen molar-refractivity contribution in [3.05, 3.63) is 35.3 Å². The number of carbonyl (C=O) groups excluding carboxylic acids is 1. The van der Waals surface area contributed by atoms with Gasteiger partial charge >= 0.3 is 5.97 Å². The lowest BCUT2D eigenvalue weighted by molar-refractivity contribution is -0.117. The van der Waals surface area contributed by atoms with Crippen molar-refractivity contribution in [1.29, 1.82) is 0 Å². The molecule has 0 bridgehead atoms. The highest BCUT2D eigenvalue weighted by Crippen LogP contribution is 2.28. The average molecular weight is 306 g/mol. The highest BCUT2D eigenvalue weighted by molar-refractivity contribution is 7.11. The van der Waals surface area contributed by atoms with E-state index in [1.54, 1.807) is 19.1 Å². The SMILES string of the molecule is Cc1nsc(N(C)C(=O)Cc2ccc(N)cn2)c1C(=O)O. The fourth-order valence-corrected chi connectivity index (χ4v) is 2.63. The first-order chi connectivity index (χ1) is 9.90. The van der Waals surface area contributed by atoms with E-state index in [1.165, 1.54) is 18.1 Å². The van der Waals surface area contributed by atoms with Gasteiger partial charge in [-0.15, -0.1) is 0 Å². The Kier molecular flexibility index (Phi) is 4.18. The van der Waals surface area contributed by atoms with Crippen LogP contribution < -0.4 is 10.6 Å². The van der Waals surface area contributed by atoms with E-state index in [0.29, 0.717) is 22.1 Å². The molecule has 7 nitrogen and oxygen atoms in total. The summed E-state index contributed by atoms with van der Waals surface area (Å²) in [7, 11) is 1.53. The van der Waals surface area contributed by atoms with E-state index in [2.05, 4.69) is 9.36 Å². The Morgan fingerprint density at radius 2 is 2.14 bits per heavy atom. The van der Waals surface area contributed by atoms with Gasteiger partial charge in [0.2, 0.25) is 5.91 Å². The Labute approximate surface area is 125 Å². The minimum Gasteiger partial charge on any atom is -0.478 e. The molecule has 0 spiro atoms. The monoisotopic (exact) mass is 306 g/mol. The molecule has 2 aromatic rings. The number of nitrogens with zero attached hydrogens (tertiary/aromatic N) is 3. The van der Waals surface area contributed by atoms with Crippen molar-refractivity contribution in [2.24, 2.45) is 0 Å². The van der Waals surface area contributed by atoms with Crippen LogP contribution in [-0.4, -0.2) is 33.4 Å². The summed E-state index contributed by atoms with van der Waals surface area (Å²) in [5.74, 6) is -1.36. The van der Waals surface area contributed by atoms with Gasteiger partial charge in [-0.2, -0.15) is 4.37 Å². The van der Waals surface area contributed by atoms with Gasteiger partial charge in [0.1, 0.15) is 10.6 Å². The summed E-state index contributed by atoms with van der Waals surface area (Å²) >= 11 is 0.988. The molecule has 0 aromatic carbocycles. The number of amides is 1. The molecule has 2 aromatic heterocycles. The Morgan fingerprint density at radius 3 is 2.71 bits per heavy atom. The molecule has 0 aliphatic heterocycles. The standard InChI is InChI=1S/C13H14N4O3S/c1-7-11(13(19)20)12(21-16-7)17(2)10(18)5-9-4-3-8(14)6-15-9/h3-4,6H,5,14H2,1-2H3,(H,19,20). The maximum Gasteiger partial charge on any atom is 0.340 e. The van der Waals surface area contributed by atoms with Crippen LogP contribution in [-0.2, 0) is 11.2 Å². The van der Waals surface area contributed by atoms with Crippen LogP contribution in [0.1, 0.15) is 21.7 Å². The van der Waals surface area contributed by atoms with E-state index in [-0.39, 0.29) is 17.9 Å². The Hall–Kier alpha value is -2.48. The molecule has 0 saturated carbocycles. The highest BCUT2D eigenvalue weighted by Gasteiger charge is 2.24. The number of nitrogen functional groups attached to an aromatic ring is 1. The summed E-state index contributed by atoms with van der Waals surface area (Å²) in [6.45, 7) is 1.60. The van der Waals surface area contributed by atoms with Crippen LogP contribution in [0.25, 0.3) is 0 Å². The second-order valence-electron chi connectivity index (χ2n) is 4.47. The summed E-state index contributed by atoms with van der Waals surface area (Å²) in [4.78, 5) is 28.8. The number of hydrogen-bond donors (Lipinski definition) is 2. The third-order valence-electron chi connectivity index (χ3n) is 2.92. The fourth-order valence-electron chi connectivity index (χ4n) is 1.76. The van der Waals surface area contributed by atoms with Crippen molar-refractivity contribution < 1.29 is 14.7 Å². The van der Waals surface area contributed by atoms with Crippen molar-refractivity contribution in [2.75, 3.05) is 17.7 Å². The van der Waals surface area contributed by atoms with Crippen LogP contribution >= 0.6 is 11.5 Å². The number of likely N-dealkylation sites (N-methyl/N-ethyl adjacent to an activating group) is 1. The minimum atomic E-state index is -1.10. The molecule has 2 rings (SSSR count). The number of rotatable bonds is 4. The molecule has 3 N–H and O–H groups in total. The van der Waals surface area contributed by atoms with Crippen molar-refractivity contribution >= 4 is 34.1 Å². The van der Waals surface area contributed by atoms with E-state index in [0.717, 1.165) is 11.5 Å². The fraction of sp³-hybridized carbons (Fsp3) is 0.231. The smallest absolute Gasteiger partial charge is 0.340 e. The lowest BCUT2D eigenvalue weighted by atomic mass is 10.2. The number of nitrogens with two attached hydrogens (primary N) is 1. The molecule has 8 heteroatoms. The topological polar surface area (TPSA) is 109 Å². The molecule has 0 saturated heterocycles. The highest BCUT2D eigenvalue weighted by atomic mass is 32.1. The molecular formula is C13H14N4O3S. The molecule has 0 atom stereocenters. The number of aromatic carboxylic acids is 1. The van der Waals surface area contributed by atoms with Gasteiger partial charge in [-0.1, -0.05) is 0 Å². The van der Waals surface area contributed by atoms with E-state index in [4.69, 9.17) is 5.73 Å². The zero-order valence-electron chi connectivity index (χ0n) is 11.5. The largest absolute Gasteiger partial charge is 0.478 e. The number of carboxylic acids is 1. The molecule has 21 heavy (non-hydrogen) atoms. The molecule has 2 heterocycles. The zero-order valence-corrected chi connectivity index (χ0v) is 12.3. The molecule has 0 fully saturated rings. The molecule has 0 aliphatic carbocycles. The van der Waals surface area contributed by atoms with E-state index < -0.39 is 5.97 Å². The Balaban J connectivity index is 2.20. The van der Waals surface area contributed by atoms with Crippen molar-refractivity contribution in [2.45, 2.75) is 13.3 Å². The van der Waals surface area contributed by atoms with Gasteiger partial charge in [-0.05, 0) is 30.6 Å². The molecule has 0 aliphatic rings. The number of anilines is 2. The van der Waals surface area contributed by atoms with Gasteiger partial charge in [-0.25, -0.2) is 4.79 Å². The van der Waals surface area contributed by atoms with E-state index in [9.17, 15) is 14.7 Å². The average Bonchev–Trinajstić information content (AvgIpc) is 2.82. The zero-order chi connectivity index (χ0) is 15.6. The predicted molar refractivity (Wildman–Crippen MR) is 79.6 cm³/mol. The summed E-state index contributed by atoms with van der Waals surface area (Å²) in [6, 6.07) is 3.33. The van der Waals surface area contributed by atoms with Crippen molar-refractivity contribution in [1.82, 2.24) is 9.36 Å². The first kappa shape index (κ1) is 14.9. The van der Waals surface area contributed by atoms with Gasteiger partial charge in [0.05, 0.1) is 24.0 Å². The summed E-state index contributed by atoms with van der Waals surface area (Å²) in [6.07, 6.45) is 1.54. The lowest BCUT2D eigenvalue weighted by Crippen LogP contribution is -2.28. The first-order valence-electron chi connectivity index (χ1n) is 6.06. The van der Waals surface area contributed by atoms with Crippen LogP contribution in [0.3, 0.4) is 0 Å². The van der Waals surface area contributed by atoms with Crippen LogP contribution in [0.15, 0.2) is 18.3 Å². The second kappa shape index (κ2) is 5.88. The van der Waals surface area contributed by atoms with Gasteiger partial charge in [-0.3, -0.25) is 9.78 Å². The molecule has 0 unspecified atom stereocenters. The summed E-state index contributed by atoms with van der Waals surface area (Å²) in [5.41, 5.74) is 7.08. The molecule has 0 radical (unpaired) electrons. The quantitative estimate of drug-likeness (QED) is 0.882. The molecular weight excluding hydrogens is 292 g/mol. The van der Waals surface area contributed by atoms with Gasteiger partial charge < -0.3 is 15.7 Å². The van der Waals surface area contributed by atoms with Crippen LogP contribution in [0.2, 0.25) is 0 Å². The van der Waals surface area contributed by atoms with Crippen molar-refractivity contribution in [3.63, 3.8) is 0 Å². The van der Waals surface area contributed by atoms with Gasteiger partial charge in [0.25, 0.3) is 0 Å². The van der Waals surface area contributed by atoms with Crippen LogP contribution in [0.5, 0.6) is 0 Å². The third-order valence-corrected chi connectivity index (χ3v) is 3.93. The molecule has 1 amide bonds. The lowest BCUT2D eigenvalue weighted by Gasteiger charge is -2.15. The Bertz CT molecular complexity index is 681. The van der Waals surface area contributed by atoms with Crippen LogP contribution in [0.4, 0.5) is 10.7 Å². The van der Waals surface area contributed by atoms with E-state index in [1.807, 2.05) is 0 Å². The van der Waals surface area contributed by atoms with Crippen molar-refractivity contribution in [3.8, 4) is 0 Å². The minimum absolute atomic E-state index is 0.0566. The van der Waals surface area contributed by atoms with Gasteiger partial charge in [0, 0.05) is 12.7 Å². The number of aromatic nitrogens is 2. The number of carbonyl (C=O) groups is 2. The summed E-state index contributed by atoms with van der Waals surface area (Å²) < 4.78 is 3.99.